The third-order valence-electron chi connectivity index (χ3n) is 3.25. The van der Waals surface area contributed by atoms with Gasteiger partial charge in [0.05, 0.1) is 0 Å². The molecule has 0 aliphatic carbocycles. The van der Waals surface area contributed by atoms with Crippen molar-refractivity contribution < 1.29 is 0 Å². The number of hydrogen-bond acceptors (Lipinski definition) is 2. The summed E-state index contributed by atoms with van der Waals surface area (Å²) in [6.07, 6.45) is 0. The van der Waals surface area contributed by atoms with Crippen LogP contribution in [0.2, 0.25) is 5.02 Å². The van der Waals surface area contributed by atoms with Crippen LogP contribution in [0.1, 0.15) is 32.4 Å². The van der Waals surface area contributed by atoms with Gasteiger partial charge in [-0.3, -0.25) is 4.90 Å². The number of hydrogen-bond donors (Lipinski definition) is 1. The maximum Gasteiger partial charge on any atom is 0.0406 e. The molecule has 0 saturated carbocycles. The van der Waals surface area contributed by atoms with E-state index in [-0.39, 0.29) is 0 Å². The normalized spacial score (nSPS) is 13.0. The lowest BCUT2D eigenvalue weighted by Gasteiger charge is -2.26. The van der Waals surface area contributed by atoms with Crippen LogP contribution in [0.5, 0.6) is 0 Å². The molecule has 3 heteroatoms. The fourth-order valence-corrected chi connectivity index (χ4v) is 2.02. The van der Waals surface area contributed by atoms with Gasteiger partial charge in [-0.15, -0.1) is 0 Å². The van der Waals surface area contributed by atoms with Crippen LogP contribution in [-0.2, 0) is 0 Å². The quantitative estimate of drug-likeness (QED) is 0.763. The Labute approximate surface area is 122 Å². The first kappa shape index (κ1) is 16.2. The smallest absolute Gasteiger partial charge is 0.0406 e. The maximum absolute atomic E-state index is 5.92. The molecule has 1 atom stereocenters. The SMILES string of the molecule is C=C(CNC(C)C)CN(C)C(C)c1ccc(Cl)cc1. The third-order valence-corrected chi connectivity index (χ3v) is 3.50. The first-order valence-corrected chi connectivity index (χ1v) is 7.13. The Bertz CT molecular complexity index is 398. The third kappa shape index (κ3) is 5.77. The van der Waals surface area contributed by atoms with Crippen LogP contribution in [0.25, 0.3) is 0 Å². The van der Waals surface area contributed by atoms with E-state index < -0.39 is 0 Å². The Kier molecular flexibility index (Phi) is 6.56. The van der Waals surface area contributed by atoms with Crippen molar-refractivity contribution >= 4 is 11.6 Å². The zero-order chi connectivity index (χ0) is 14.4. The van der Waals surface area contributed by atoms with Gasteiger partial charge in [-0.25, -0.2) is 0 Å². The van der Waals surface area contributed by atoms with Crippen molar-refractivity contribution in [2.24, 2.45) is 0 Å². The van der Waals surface area contributed by atoms with Crippen molar-refractivity contribution in [1.82, 2.24) is 10.2 Å². The van der Waals surface area contributed by atoms with Gasteiger partial charge in [0.15, 0.2) is 0 Å². The molecule has 0 spiro atoms. The molecule has 1 aromatic rings. The van der Waals surface area contributed by atoms with Gasteiger partial charge >= 0.3 is 0 Å². The van der Waals surface area contributed by atoms with Gasteiger partial charge < -0.3 is 5.32 Å². The van der Waals surface area contributed by atoms with Crippen LogP contribution < -0.4 is 5.32 Å². The lowest BCUT2D eigenvalue weighted by Crippen LogP contribution is -2.30. The summed E-state index contributed by atoms with van der Waals surface area (Å²) in [4.78, 5) is 2.30. The number of rotatable bonds is 7. The molecular formula is C16H25ClN2. The van der Waals surface area contributed by atoms with Gasteiger partial charge in [-0.05, 0) is 37.2 Å². The summed E-state index contributed by atoms with van der Waals surface area (Å²) < 4.78 is 0. The molecule has 0 amide bonds. The van der Waals surface area contributed by atoms with E-state index in [1.54, 1.807) is 0 Å². The maximum atomic E-state index is 5.92. The Hall–Kier alpha value is -0.830. The van der Waals surface area contributed by atoms with Gasteiger partial charge in [-0.1, -0.05) is 44.2 Å². The number of likely N-dealkylation sites (N-methyl/N-ethyl adjacent to an activating group) is 1. The molecule has 1 rings (SSSR count). The van der Waals surface area contributed by atoms with Crippen molar-refractivity contribution in [3.05, 3.63) is 47.0 Å². The fraction of sp³-hybridized carbons (Fsp3) is 0.500. The van der Waals surface area contributed by atoms with Crippen LogP contribution in [0, 0.1) is 0 Å². The molecular weight excluding hydrogens is 256 g/mol. The summed E-state index contributed by atoms with van der Waals surface area (Å²) in [6.45, 7) is 12.4. The second-order valence-corrected chi connectivity index (χ2v) is 5.86. The van der Waals surface area contributed by atoms with Gasteiger partial charge in [-0.2, -0.15) is 0 Å². The molecule has 0 heterocycles. The summed E-state index contributed by atoms with van der Waals surface area (Å²) in [6, 6.07) is 8.90. The summed E-state index contributed by atoms with van der Waals surface area (Å²) in [5.41, 5.74) is 2.48. The molecule has 0 bridgehead atoms. The Morgan fingerprint density at radius 3 is 2.37 bits per heavy atom. The zero-order valence-corrected chi connectivity index (χ0v) is 13.2. The minimum Gasteiger partial charge on any atom is -0.311 e. The highest BCUT2D eigenvalue weighted by Gasteiger charge is 2.12. The zero-order valence-electron chi connectivity index (χ0n) is 12.4. The molecule has 2 nitrogen and oxygen atoms in total. The molecule has 0 radical (unpaired) electrons. The van der Waals surface area contributed by atoms with Crippen LogP contribution in [-0.4, -0.2) is 31.1 Å². The molecule has 0 aliphatic rings. The summed E-state index contributed by atoms with van der Waals surface area (Å²) >= 11 is 5.92. The molecule has 19 heavy (non-hydrogen) atoms. The van der Waals surface area contributed by atoms with Crippen molar-refractivity contribution in [3.8, 4) is 0 Å². The van der Waals surface area contributed by atoms with Crippen molar-refractivity contribution in [2.75, 3.05) is 20.1 Å². The lowest BCUT2D eigenvalue weighted by atomic mass is 10.1. The van der Waals surface area contributed by atoms with Gasteiger partial charge in [0, 0.05) is 30.2 Å². The number of halogens is 1. The number of nitrogens with zero attached hydrogens (tertiary/aromatic N) is 1. The Morgan fingerprint density at radius 2 is 1.84 bits per heavy atom. The highest BCUT2D eigenvalue weighted by Crippen LogP contribution is 2.21. The fourth-order valence-electron chi connectivity index (χ4n) is 1.89. The number of nitrogens with one attached hydrogen (secondary N) is 1. The van der Waals surface area contributed by atoms with E-state index in [1.165, 1.54) is 11.1 Å². The van der Waals surface area contributed by atoms with Crippen LogP contribution in [0.15, 0.2) is 36.4 Å². The minimum absolute atomic E-state index is 0.355. The van der Waals surface area contributed by atoms with Crippen molar-refractivity contribution in [1.29, 1.82) is 0 Å². The van der Waals surface area contributed by atoms with Crippen LogP contribution >= 0.6 is 11.6 Å². The first-order valence-electron chi connectivity index (χ1n) is 6.76. The number of benzene rings is 1. The van der Waals surface area contributed by atoms with Gasteiger partial charge in [0.1, 0.15) is 0 Å². The van der Waals surface area contributed by atoms with E-state index in [0.717, 1.165) is 18.1 Å². The minimum atomic E-state index is 0.355. The lowest BCUT2D eigenvalue weighted by molar-refractivity contribution is 0.281. The van der Waals surface area contributed by atoms with E-state index in [2.05, 4.69) is 56.7 Å². The standard InChI is InChI=1S/C16H25ClN2/c1-12(2)18-10-13(3)11-19(5)14(4)15-6-8-16(17)9-7-15/h6-9,12,14,18H,3,10-11H2,1-2,4-5H3. The highest BCUT2D eigenvalue weighted by atomic mass is 35.5. The predicted molar refractivity (Wildman–Crippen MR) is 84.8 cm³/mol. The summed E-state index contributed by atoms with van der Waals surface area (Å²) in [5, 5.41) is 4.17. The highest BCUT2D eigenvalue weighted by molar-refractivity contribution is 6.30. The summed E-state index contributed by atoms with van der Waals surface area (Å²) in [7, 11) is 2.12. The predicted octanol–water partition coefficient (Wildman–Crippen LogP) is 3.89. The Morgan fingerprint density at radius 1 is 1.26 bits per heavy atom. The first-order chi connectivity index (χ1) is 8.90. The van der Waals surface area contributed by atoms with Gasteiger partial charge in [0.25, 0.3) is 0 Å². The van der Waals surface area contributed by atoms with E-state index in [1.807, 2.05) is 12.1 Å². The average Bonchev–Trinajstić information content (AvgIpc) is 2.36. The molecule has 0 saturated heterocycles. The van der Waals surface area contributed by atoms with Crippen LogP contribution in [0.3, 0.4) is 0 Å². The molecule has 0 fully saturated rings. The van der Waals surface area contributed by atoms with E-state index in [9.17, 15) is 0 Å². The molecule has 0 aromatic heterocycles. The van der Waals surface area contributed by atoms with Crippen molar-refractivity contribution in [3.63, 3.8) is 0 Å². The Balaban J connectivity index is 2.50. The van der Waals surface area contributed by atoms with E-state index >= 15 is 0 Å². The summed E-state index contributed by atoms with van der Waals surface area (Å²) in [5.74, 6) is 0. The monoisotopic (exact) mass is 280 g/mol. The molecule has 1 unspecified atom stereocenters. The van der Waals surface area contributed by atoms with E-state index in [4.69, 9.17) is 11.6 Å². The van der Waals surface area contributed by atoms with Crippen molar-refractivity contribution in [2.45, 2.75) is 32.9 Å². The molecule has 106 valence electrons. The largest absolute Gasteiger partial charge is 0.311 e. The molecule has 0 aliphatic heterocycles. The molecule has 1 N–H and O–H groups in total. The van der Waals surface area contributed by atoms with Crippen LogP contribution in [0.4, 0.5) is 0 Å². The average molecular weight is 281 g/mol. The topological polar surface area (TPSA) is 15.3 Å². The van der Waals surface area contributed by atoms with Gasteiger partial charge in [0.2, 0.25) is 0 Å². The second kappa shape index (κ2) is 7.68. The second-order valence-electron chi connectivity index (χ2n) is 5.43. The van der Waals surface area contributed by atoms with E-state index in [0.29, 0.717) is 12.1 Å². The molecule has 1 aromatic carbocycles.